The summed E-state index contributed by atoms with van der Waals surface area (Å²) >= 11 is 3.58. The molecule has 3 aromatic carbocycles. The van der Waals surface area contributed by atoms with Crippen LogP contribution in [-0.4, -0.2) is 25.9 Å². The number of halogens is 1. The van der Waals surface area contributed by atoms with Crippen LogP contribution in [0.4, 0.5) is 5.69 Å². The number of dihydropyridines is 1. The number of ketones is 1. The zero-order chi connectivity index (χ0) is 27.7. The molecule has 2 atom stereocenters. The number of rotatable bonds is 6. The predicted octanol–water partition coefficient (Wildman–Crippen LogP) is 6.78. The second kappa shape index (κ2) is 11.1. The van der Waals surface area contributed by atoms with Crippen molar-refractivity contribution in [3.8, 4) is 11.5 Å². The maximum Gasteiger partial charge on any atom is 0.254 e. The molecule has 200 valence electrons. The SMILES string of the molecule is COc1ccc(C2CC(=O)C3=C(C2)NC(C)=C(C(=O)Nc2ccccc2C)C3c2cccc(Br)c2)cc1OC. The van der Waals surface area contributed by atoms with E-state index in [1.165, 1.54) is 0 Å². The molecule has 0 radical (unpaired) electrons. The van der Waals surface area contributed by atoms with E-state index < -0.39 is 5.92 Å². The van der Waals surface area contributed by atoms with Crippen LogP contribution in [0.5, 0.6) is 11.5 Å². The number of methoxy groups -OCH3 is 2. The summed E-state index contributed by atoms with van der Waals surface area (Å²) in [7, 11) is 3.21. The quantitative estimate of drug-likeness (QED) is 0.333. The number of Topliss-reactive ketones (excluding diaryl/α,β-unsaturated/α-hetero) is 1. The molecule has 2 N–H and O–H groups in total. The summed E-state index contributed by atoms with van der Waals surface area (Å²) in [5.41, 5.74) is 6.44. The molecule has 1 aliphatic heterocycles. The van der Waals surface area contributed by atoms with Crippen LogP contribution in [0.1, 0.15) is 48.3 Å². The Bertz CT molecular complexity index is 1520. The summed E-state index contributed by atoms with van der Waals surface area (Å²) < 4.78 is 11.8. The highest BCUT2D eigenvalue weighted by Crippen LogP contribution is 2.46. The normalized spacial score (nSPS) is 18.8. The third-order valence-corrected chi connectivity index (χ3v) is 8.02. The van der Waals surface area contributed by atoms with E-state index in [4.69, 9.17) is 9.47 Å². The Kier molecular flexibility index (Phi) is 7.62. The van der Waals surface area contributed by atoms with Gasteiger partial charge in [-0.3, -0.25) is 9.59 Å². The fourth-order valence-corrected chi connectivity index (χ4v) is 6.02. The van der Waals surface area contributed by atoms with Gasteiger partial charge in [0.1, 0.15) is 0 Å². The first kappa shape index (κ1) is 26.8. The number of carbonyl (C=O) groups excluding carboxylic acids is 2. The fraction of sp³-hybridized carbons (Fsp3) is 0.250. The lowest BCUT2D eigenvalue weighted by molar-refractivity contribution is -0.116. The van der Waals surface area contributed by atoms with Crippen molar-refractivity contribution < 1.29 is 19.1 Å². The van der Waals surface area contributed by atoms with Crippen LogP contribution < -0.4 is 20.1 Å². The topological polar surface area (TPSA) is 76.7 Å². The van der Waals surface area contributed by atoms with Gasteiger partial charge < -0.3 is 20.1 Å². The summed E-state index contributed by atoms with van der Waals surface area (Å²) in [5.74, 6) is 0.584. The maximum absolute atomic E-state index is 13.9. The lowest BCUT2D eigenvalue weighted by Crippen LogP contribution is -2.37. The first-order chi connectivity index (χ1) is 18.8. The van der Waals surface area contributed by atoms with E-state index in [9.17, 15) is 9.59 Å². The van der Waals surface area contributed by atoms with Crippen molar-refractivity contribution in [3.63, 3.8) is 0 Å². The molecule has 3 aromatic rings. The summed E-state index contributed by atoms with van der Waals surface area (Å²) in [6, 6.07) is 21.3. The predicted molar refractivity (Wildman–Crippen MR) is 156 cm³/mol. The number of para-hydroxylation sites is 1. The molecular formula is C32H31BrN2O4. The van der Waals surface area contributed by atoms with Gasteiger partial charge in [-0.05, 0) is 73.2 Å². The van der Waals surface area contributed by atoms with Crippen LogP contribution in [0.15, 0.2) is 93.7 Å². The van der Waals surface area contributed by atoms with Crippen molar-refractivity contribution in [1.82, 2.24) is 5.32 Å². The molecule has 1 heterocycles. The molecule has 5 rings (SSSR count). The first-order valence-electron chi connectivity index (χ1n) is 12.9. The number of hydrogen-bond donors (Lipinski definition) is 2. The maximum atomic E-state index is 13.9. The van der Waals surface area contributed by atoms with E-state index >= 15 is 0 Å². The minimum Gasteiger partial charge on any atom is -0.493 e. The Morgan fingerprint density at radius 1 is 0.923 bits per heavy atom. The summed E-state index contributed by atoms with van der Waals surface area (Å²) in [6.07, 6.45) is 0.983. The van der Waals surface area contributed by atoms with Crippen molar-refractivity contribution in [2.45, 2.75) is 38.5 Å². The van der Waals surface area contributed by atoms with E-state index in [1.54, 1.807) is 14.2 Å². The third kappa shape index (κ3) is 5.23. The zero-order valence-electron chi connectivity index (χ0n) is 22.4. The molecule has 0 aromatic heterocycles. The van der Waals surface area contributed by atoms with E-state index in [2.05, 4.69) is 26.6 Å². The lowest BCUT2D eigenvalue weighted by Gasteiger charge is -2.37. The van der Waals surface area contributed by atoms with Gasteiger partial charge in [0.15, 0.2) is 17.3 Å². The van der Waals surface area contributed by atoms with E-state index in [-0.39, 0.29) is 17.6 Å². The number of benzene rings is 3. The van der Waals surface area contributed by atoms with Crippen molar-refractivity contribution in [2.24, 2.45) is 0 Å². The van der Waals surface area contributed by atoms with Crippen molar-refractivity contribution in [3.05, 3.63) is 110 Å². The smallest absolute Gasteiger partial charge is 0.254 e. The molecule has 7 heteroatoms. The molecule has 1 aliphatic carbocycles. The van der Waals surface area contributed by atoms with Gasteiger partial charge in [-0.2, -0.15) is 0 Å². The summed E-state index contributed by atoms with van der Waals surface area (Å²) in [4.78, 5) is 27.7. The fourth-order valence-electron chi connectivity index (χ4n) is 5.60. The summed E-state index contributed by atoms with van der Waals surface area (Å²) in [6.45, 7) is 3.87. The van der Waals surface area contributed by atoms with Gasteiger partial charge in [0.05, 0.1) is 14.2 Å². The van der Waals surface area contributed by atoms with Gasteiger partial charge >= 0.3 is 0 Å². The van der Waals surface area contributed by atoms with Crippen LogP contribution in [-0.2, 0) is 9.59 Å². The van der Waals surface area contributed by atoms with E-state index in [0.29, 0.717) is 35.5 Å². The first-order valence-corrected chi connectivity index (χ1v) is 13.7. The standard InChI is InChI=1S/C32H31BrN2O4/c1-18-8-5-6-11-24(18)35-32(37)29-19(2)34-25-15-22(20-12-13-27(38-3)28(17-20)39-4)16-26(36)31(25)30(29)21-9-7-10-23(33)14-21/h5-14,17,22,30,34H,15-16H2,1-4H3,(H,35,37). The minimum atomic E-state index is -0.485. The number of aryl methyl sites for hydroxylation is 1. The molecule has 2 aliphatic rings. The molecule has 0 bridgehead atoms. The van der Waals surface area contributed by atoms with Gasteiger partial charge in [-0.1, -0.05) is 52.3 Å². The van der Waals surface area contributed by atoms with Crippen LogP contribution in [0.25, 0.3) is 0 Å². The summed E-state index contributed by atoms with van der Waals surface area (Å²) in [5, 5.41) is 6.54. The minimum absolute atomic E-state index is 0.0261. The van der Waals surface area contributed by atoms with Gasteiger partial charge in [0.2, 0.25) is 0 Å². The Morgan fingerprint density at radius 3 is 2.41 bits per heavy atom. The number of anilines is 1. The monoisotopic (exact) mass is 586 g/mol. The molecule has 1 amide bonds. The van der Waals surface area contributed by atoms with E-state index in [1.807, 2.05) is 80.6 Å². The second-order valence-electron chi connectivity index (χ2n) is 9.96. The third-order valence-electron chi connectivity index (χ3n) is 7.53. The van der Waals surface area contributed by atoms with Crippen molar-refractivity contribution in [1.29, 1.82) is 0 Å². The Balaban J connectivity index is 1.55. The number of allylic oxidation sites excluding steroid dienone is 3. The molecule has 0 fully saturated rings. The highest BCUT2D eigenvalue weighted by Gasteiger charge is 2.41. The highest BCUT2D eigenvalue weighted by atomic mass is 79.9. The molecule has 0 spiro atoms. The average molecular weight is 588 g/mol. The lowest BCUT2D eigenvalue weighted by atomic mass is 9.71. The zero-order valence-corrected chi connectivity index (χ0v) is 24.0. The average Bonchev–Trinajstić information content (AvgIpc) is 2.92. The molecule has 39 heavy (non-hydrogen) atoms. The number of nitrogens with one attached hydrogen (secondary N) is 2. The van der Waals surface area contributed by atoms with Crippen molar-refractivity contribution in [2.75, 3.05) is 19.5 Å². The molecule has 6 nitrogen and oxygen atoms in total. The Morgan fingerprint density at radius 2 is 1.69 bits per heavy atom. The molecule has 2 unspecified atom stereocenters. The van der Waals surface area contributed by atoms with Gasteiger partial charge in [-0.15, -0.1) is 0 Å². The number of ether oxygens (including phenoxy) is 2. The van der Waals surface area contributed by atoms with Crippen LogP contribution in [0.2, 0.25) is 0 Å². The van der Waals surface area contributed by atoms with Gasteiger partial charge in [0.25, 0.3) is 5.91 Å². The largest absolute Gasteiger partial charge is 0.493 e. The van der Waals surface area contributed by atoms with Crippen LogP contribution >= 0.6 is 15.9 Å². The van der Waals surface area contributed by atoms with Gasteiger partial charge in [0, 0.05) is 45.0 Å². The number of amides is 1. The molecule has 0 saturated heterocycles. The number of hydrogen-bond acceptors (Lipinski definition) is 5. The van der Waals surface area contributed by atoms with Crippen molar-refractivity contribution >= 4 is 33.3 Å². The second-order valence-corrected chi connectivity index (χ2v) is 10.9. The highest BCUT2D eigenvalue weighted by molar-refractivity contribution is 9.10. The Labute approximate surface area is 237 Å². The van der Waals surface area contributed by atoms with Crippen LogP contribution in [0.3, 0.4) is 0 Å². The molecular weight excluding hydrogens is 556 g/mol. The van der Waals surface area contributed by atoms with Crippen LogP contribution in [0, 0.1) is 6.92 Å². The molecule has 0 saturated carbocycles. The van der Waals surface area contributed by atoms with Gasteiger partial charge in [-0.25, -0.2) is 0 Å². The van der Waals surface area contributed by atoms with E-state index in [0.717, 1.165) is 38.2 Å². The number of carbonyl (C=O) groups is 2. The Hall–Kier alpha value is -3.84.